The zero-order valence-electron chi connectivity index (χ0n) is 18.5. The molecule has 4 rings (SSSR count). The maximum absolute atomic E-state index is 12.9. The predicted octanol–water partition coefficient (Wildman–Crippen LogP) is 4.44. The number of carbonyl (C=O) groups excluding carboxylic acids is 2. The second-order valence-electron chi connectivity index (χ2n) is 8.19. The molecule has 3 heterocycles. The maximum atomic E-state index is 12.9. The first-order valence-electron chi connectivity index (χ1n) is 11.4. The minimum atomic E-state index is -0.142. The normalized spacial score (nSPS) is 17.2. The Hall–Kier alpha value is -2.33. The first-order chi connectivity index (χ1) is 15.7. The van der Waals surface area contributed by atoms with Gasteiger partial charge in [-0.15, -0.1) is 21.5 Å². The zero-order chi connectivity index (χ0) is 22.3. The summed E-state index contributed by atoms with van der Waals surface area (Å²) in [6.07, 6.45) is 9.96. The number of urea groups is 1. The van der Waals surface area contributed by atoms with Crippen LogP contribution >= 0.6 is 22.7 Å². The van der Waals surface area contributed by atoms with Gasteiger partial charge in [-0.05, 0) is 51.9 Å². The number of hydrogen-bond acceptors (Lipinski definition) is 7. The van der Waals surface area contributed by atoms with E-state index in [4.69, 9.17) is 0 Å². The van der Waals surface area contributed by atoms with Gasteiger partial charge in [-0.2, -0.15) is 0 Å². The number of likely N-dealkylation sites (tertiary alicyclic amines) is 1. The molecule has 8 nitrogen and oxygen atoms in total. The second-order valence-corrected chi connectivity index (χ2v) is 9.89. The highest BCUT2D eigenvalue weighted by molar-refractivity contribution is 7.13. The molecule has 1 aliphatic carbocycles. The van der Waals surface area contributed by atoms with Crippen molar-refractivity contribution in [3.63, 3.8) is 0 Å². The summed E-state index contributed by atoms with van der Waals surface area (Å²) >= 11 is 2.87. The highest BCUT2D eigenvalue weighted by Crippen LogP contribution is 2.31. The van der Waals surface area contributed by atoms with Crippen LogP contribution in [0.4, 0.5) is 9.93 Å². The fourth-order valence-electron chi connectivity index (χ4n) is 4.27. The molecule has 0 unspecified atom stereocenters. The van der Waals surface area contributed by atoms with Crippen LogP contribution in [0.25, 0.3) is 0 Å². The standard InChI is InChI=1S/C22H30N6O2S2/c1-2-28(22-26-24-15-32-22)20(29)18-14-31-19(25-18)17-9-12-27(13-10-17)21(30)23-11-8-16-6-4-3-5-7-16/h6,14-15,17H,2-5,7-13H2,1H3,(H,23,30). The lowest BCUT2D eigenvalue weighted by atomic mass is 9.97. The van der Waals surface area contributed by atoms with Crippen molar-refractivity contribution in [1.82, 2.24) is 25.4 Å². The number of hydrogen-bond donors (Lipinski definition) is 1. The van der Waals surface area contributed by atoms with E-state index in [1.165, 1.54) is 53.9 Å². The van der Waals surface area contributed by atoms with Crippen molar-refractivity contribution in [1.29, 1.82) is 0 Å². The Balaban J connectivity index is 1.25. The van der Waals surface area contributed by atoms with Crippen LogP contribution in [0.1, 0.15) is 73.3 Å². The fraction of sp³-hybridized carbons (Fsp3) is 0.591. The number of aromatic nitrogens is 3. The average Bonchev–Trinajstić information content (AvgIpc) is 3.53. The molecule has 10 heteroatoms. The molecular weight excluding hydrogens is 444 g/mol. The Labute approximate surface area is 196 Å². The Kier molecular flexibility index (Phi) is 7.85. The lowest BCUT2D eigenvalue weighted by Gasteiger charge is -2.31. The molecule has 1 saturated heterocycles. The van der Waals surface area contributed by atoms with E-state index in [0.29, 0.717) is 37.0 Å². The Morgan fingerprint density at radius 2 is 2.09 bits per heavy atom. The van der Waals surface area contributed by atoms with Crippen LogP contribution in [0.5, 0.6) is 0 Å². The number of anilines is 1. The summed E-state index contributed by atoms with van der Waals surface area (Å²) in [6.45, 7) is 4.58. The number of allylic oxidation sites excluding steroid dienone is 1. The number of carbonyl (C=O) groups is 2. The summed E-state index contributed by atoms with van der Waals surface area (Å²) in [7, 11) is 0. The SMILES string of the molecule is CCN(C(=O)c1csc(C2CCN(C(=O)NCCC3=CCCCC3)CC2)n1)c1nncs1. The van der Waals surface area contributed by atoms with Crippen LogP contribution in [-0.2, 0) is 0 Å². The van der Waals surface area contributed by atoms with E-state index in [1.54, 1.807) is 10.4 Å². The second kappa shape index (κ2) is 11.0. The van der Waals surface area contributed by atoms with E-state index in [2.05, 4.69) is 26.6 Å². The molecule has 2 aromatic rings. The number of piperidine rings is 1. The van der Waals surface area contributed by atoms with E-state index in [9.17, 15) is 9.59 Å². The first-order valence-corrected chi connectivity index (χ1v) is 13.2. The van der Waals surface area contributed by atoms with Crippen molar-refractivity contribution in [2.45, 2.75) is 57.8 Å². The van der Waals surface area contributed by atoms with Crippen LogP contribution in [0.3, 0.4) is 0 Å². The van der Waals surface area contributed by atoms with Gasteiger partial charge in [-0.25, -0.2) is 9.78 Å². The third-order valence-electron chi connectivity index (χ3n) is 6.12. The lowest BCUT2D eigenvalue weighted by molar-refractivity contribution is 0.0983. The molecule has 2 aliphatic rings. The zero-order valence-corrected chi connectivity index (χ0v) is 20.1. The van der Waals surface area contributed by atoms with Crippen molar-refractivity contribution < 1.29 is 9.59 Å². The van der Waals surface area contributed by atoms with Crippen LogP contribution in [0.2, 0.25) is 0 Å². The van der Waals surface area contributed by atoms with Gasteiger partial charge in [0, 0.05) is 37.5 Å². The minimum absolute atomic E-state index is 0.0329. The maximum Gasteiger partial charge on any atom is 0.317 e. The van der Waals surface area contributed by atoms with Crippen molar-refractivity contribution in [2.75, 3.05) is 31.1 Å². The first kappa shape index (κ1) is 22.8. The summed E-state index contributed by atoms with van der Waals surface area (Å²) in [5, 5.41) is 14.3. The summed E-state index contributed by atoms with van der Waals surface area (Å²) in [5.41, 5.74) is 3.56. The summed E-state index contributed by atoms with van der Waals surface area (Å²) < 4.78 is 0. The minimum Gasteiger partial charge on any atom is -0.338 e. The van der Waals surface area contributed by atoms with Crippen LogP contribution in [0, 0.1) is 0 Å². The summed E-state index contributed by atoms with van der Waals surface area (Å²) in [5.74, 6) is 0.145. The third kappa shape index (κ3) is 5.53. The smallest absolute Gasteiger partial charge is 0.317 e. The number of thiazole rings is 1. The van der Waals surface area contributed by atoms with Gasteiger partial charge in [0.15, 0.2) is 0 Å². The molecule has 0 bridgehead atoms. The van der Waals surface area contributed by atoms with E-state index >= 15 is 0 Å². The molecule has 1 fully saturated rings. The lowest BCUT2D eigenvalue weighted by Crippen LogP contribution is -2.44. The fourth-order valence-corrected chi connectivity index (χ4v) is 5.85. The molecule has 172 valence electrons. The van der Waals surface area contributed by atoms with Gasteiger partial charge in [0.25, 0.3) is 5.91 Å². The van der Waals surface area contributed by atoms with Crippen LogP contribution in [-0.4, -0.2) is 58.2 Å². The molecule has 0 spiro atoms. The molecule has 0 atom stereocenters. The Morgan fingerprint density at radius 1 is 1.25 bits per heavy atom. The number of nitrogens with one attached hydrogen (secondary N) is 1. The monoisotopic (exact) mass is 474 g/mol. The van der Waals surface area contributed by atoms with E-state index < -0.39 is 0 Å². The largest absolute Gasteiger partial charge is 0.338 e. The number of rotatable bonds is 7. The molecule has 0 saturated carbocycles. The van der Waals surface area contributed by atoms with Crippen molar-refractivity contribution in [3.8, 4) is 0 Å². The number of nitrogens with zero attached hydrogens (tertiary/aromatic N) is 5. The molecular formula is C22H30N6O2S2. The quantitative estimate of drug-likeness (QED) is 0.599. The Bertz CT molecular complexity index is 934. The van der Waals surface area contributed by atoms with Crippen molar-refractivity contribution >= 4 is 39.7 Å². The summed E-state index contributed by atoms with van der Waals surface area (Å²) in [6, 6.07) is 0.0329. The van der Waals surface area contributed by atoms with Gasteiger partial charge in [0.05, 0.1) is 5.01 Å². The number of amides is 3. The predicted molar refractivity (Wildman–Crippen MR) is 127 cm³/mol. The average molecular weight is 475 g/mol. The highest BCUT2D eigenvalue weighted by atomic mass is 32.1. The van der Waals surface area contributed by atoms with Gasteiger partial charge in [-0.1, -0.05) is 23.0 Å². The van der Waals surface area contributed by atoms with Gasteiger partial charge >= 0.3 is 6.03 Å². The van der Waals surface area contributed by atoms with E-state index in [-0.39, 0.29) is 17.9 Å². The molecule has 1 N–H and O–H groups in total. The van der Waals surface area contributed by atoms with E-state index in [0.717, 1.165) is 24.3 Å². The topological polar surface area (TPSA) is 91.3 Å². The van der Waals surface area contributed by atoms with Gasteiger partial charge in [0.2, 0.25) is 5.13 Å². The van der Waals surface area contributed by atoms with Crippen molar-refractivity contribution in [3.05, 3.63) is 33.2 Å². The Morgan fingerprint density at radius 3 is 2.78 bits per heavy atom. The molecule has 3 amide bonds. The van der Waals surface area contributed by atoms with E-state index in [1.807, 2.05) is 17.2 Å². The highest BCUT2D eigenvalue weighted by Gasteiger charge is 2.27. The van der Waals surface area contributed by atoms with Crippen molar-refractivity contribution in [2.24, 2.45) is 0 Å². The van der Waals surface area contributed by atoms with Crippen LogP contribution < -0.4 is 10.2 Å². The molecule has 32 heavy (non-hydrogen) atoms. The van der Waals surface area contributed by atoms with Gasteiger partial charge in [-0.3, -0.25) is 9.69 Å². The van der Waals surface area contributed by atoms with Gasteiger partial charge < -0.3 is 10.2 Å². The molecule has 1 aliphatic heterocycles. The molecule has 2 aromatic heterocycles. The third-order valence-corrected chi connectivity index (χ3v) is 7.84. The summed E-state index contributed by atoms with van der Waals surface area (Å²) in [4.78, 5) is 33.5. The van der Waals surface area contributed by atoms with Gasteiger partial charge in [0.1, 0.15) is 11.2 Å². The molecule has 0 radical (unpaired) electrons. The molecule has 0 aromatic carbocycles. The van der Waals surface area contributed by atoms with Crippen LogP contribution in [0.15, 0.2) is 22.5 Å².